The molecule has 1 aliphatic heterocycles. The van der Waals surface area contributed by atoms with Gasteiger partial charge in [-0.25, -0.2) is 9.59 Å². The van der Waals surface area contributed by atoms with Crippen LogP contribution >= 0.6 is 11.6 Å². The maximum Gasteiger partial charge on any atom is 0.420 e. The van der Waals surface area contributed by atoms with Crippen molar-refractivity contribution >= 4 is 23.6 Å². The van der Waals surface area contributed by atoms with Crippen molar-refractivity contribution in [3.8, 4) is 0 Å². The van der Waals surface area contributed by atoms with E-state index in [0.717, 1.165) is 18.4 Å². The van der Waals surface area contributed by atoms with Gasteiger partial charge in [-0.15, -0.1) is 0 Å². The van der Waals surface area contributed by atoms with Gasteiger partial charge in [-0.05, 0) is 36.3 Å². The number of alkyl halides is 3. The molecule has 0 radical (unpaired) electrons. The van der Waals surface area contributed by atoms with Crippen molar-refractivity contribution in [3.63, 3.8) is 0 Å². The Hall–Kier alpha value is -2.59. The summed E-state index contributed by atoms with van der Waals surface area (Å²) >= 11 is 6.14. The average Bonchev–Trinajstić information content (AvgIpc) is 3.39. The van der Waals surface area contributed by atoms with Gasteiger partial charge in [0.15, 0.2) is 5.69 Å². The molecule has 2 atom stereocenters. The zero-order chi connectivity index (χ0) is 22.3. The molecule has 166 valence electrons. The van der Waals surface area contributed by atoms with Gasteiger partial charge in [-0.1, -0.05) is 29.8 Å². The molecule has 2 fully saturated rings. The summed E-state index contributed by atoms with van der Waals surface area (Å²) in [6.45, 7) is 1.11. The van der Waals surface area contributed by atoms with E-state index in [1.165, 1.54) is 4.90 Å². The lowest BCUT2D eigenvalue weighted by molar-refractivity contribution is -0.138. The number of fused-ring (bicyclic) bond motifs is 1. The Labute approximate surface area is 180 Å². The first-order chi connectivity index (χ1) is 14.6. The second-order valence-electron chi connectivity index (χ2n) is 7.84. The lowest BCUT2D eigenvalue weighted by atomic mass is 10.0. The molecule has 1 amide bonds. The smallest absolute Gasteiger partial charge is 0.420 e. The fourth-order valence-electron chi connectivity index (χ4n) is 4.34. The average molecular weight is 458 g/mol. The van der Waals surface area contributed by atoms with Crippen LogP contribution in [0.25, 0.3) is 0 Å². The number of carboxylic acids is 1. The van der Waals surface area contributed by atoms with Gasteiger partial charge in [-0.3, -0.25) is 0 Å². The van der Waals surface area contributed by atoms with Crippen LogP contribution in [0.5, 0.6) is 0 Å². The van der Waals surface area contributed by atoms with E-state index >= 15 is 0 Å². The Morgan fingerprint density at radius 1 is 1.19 bits per heavy atom. The molecule has 2 aliphatic rings. The number of hydrogen-bond donors (Lipinski definition) is 1. The molecule has 31 heavy (non-hydrogen) atoms. The van der Waals surface area contributed by atoms with Crippen LogP contribution in [-0.4, -0.2) is 51.0 Å². The van der Waals surface area contributed by atoms with E-state index < -0.39 is 29.4 Å². The molecule has 1 saturated heterocycles. The Kier molecular flexibility index (Phi) is 5.69. The lowest BCUT2D eigenvalue weighted by Gasteiger charge is -2.19. The van der Waals surface area contributed by atoms with Crippen molar-refractivity contribution in [2.24, 2.45) is 11.8 Å². The predicted molar refractivity (Wildman–Crippen MR) is 103 cm³/mol. The maximum atomic E-state index is 13.0. The summed E-state index contributed by atoms with van der Waals surface area (Å²) in [5, 5.41) is 13.0. The van der Waals surface area contributed by atoms with E-state index in [-0.39, 0.29) is 17.9 Å². The van der Waals surface area contributed by atoms with Gasteiger partial charge < -0.3 is 14.7 Å². The number of benzene rings is 1. The number of carbonyl (C=O) groups excluding carboxylic acids is 1. The van der Waals surface area contributed by atoms with Crippen LogP contribution in [0.15, 0.2) is 30.5 Å². The van der Waals surface area contributed by atoms with Crippen LogP contribution in [0.1, 0.15) is 34.5 Å². The highest BCUT2D eigenvalue weighted by Gasteiger charge is 2.44. The summed E-state index contributed by atoms with van der Waals surface area (Å²) in [5.74, 6) is -1.51. The minimum absolute atomic E-state index is 0.0173. The van der Waals surface area contributed by atoms with Crippen LogP contribution in [0, 0.1) is 11.8 Å². The number of nitrogens with zero attached hydrogens (tertiary/aromatic N) is 3. The Morgan fingerprint density at radius 3 is 2.39 bits per heavy atom. The van der Waals surface area contributed by atoms with Gasteiger partial charge in [0.05, 0.1) is 12.7 Å². The summed E-state index contributed by atoms with van der Waals surface area (Å²) in [4.78, 5) is 25.1. The highest BCUT2D eigenvalue weighted by atomic mass is 35.5. The van der Waals surface area contributed by atoms with E-state index in [1.54, 1.807) is 6.07 Å². The van der Waals surface area contributed by atoms with Crippen LogP contribution in [0.3, 0.4) is 0 Å². The van der Waals surface area contributed by atoms with E-state index in [4.69, 9.17) is 21.4 Å². The number of halogens is 4. The quantitative estimate of drug-likeness (QED) is 0.745. The molecule has 7 nitrogen and oxygen atoms in total. The predicted octanol–water partition coefficient (Wildman–Crippen LogP) is 4.15. The van der Waals surface area contributed by atoms with Gasteiger partial charge >= 0.3 is 18.2 Å². The van der Waals surface area contributed by atoms with E-state index in [0.29, 0.717) is 35.6 Å². The first kappa shape index (κ1) is 21.6. The molecule has 1 aromatic carbocycles. The molecule has 0 spiro atoms. The monoisotopic (exact) mass is 457 g/mol. The summed E-state index contributed by atoms with van der Waals surface area (Å²) in [6, 6.07) is 6.65. The number of likely N-dealkylation sites (tertiary alicyclic amines) is 1. The first-order valence-electron chi connectivity index (χ1n) is 9.68. The standard InChI is InChI=1S/C20H19ClF3N3O4/c21-16-4-2-1-3-11(16)10-31-14-5-12-7-26(8-13(12)6-14)19(30)27-9-15(20(22,23)24)17(25-27)18(28)29/h1-4,9,12-14H,5-8,10H2,(H,28,29). The van der Waals surface area contributed by atoms with Crippen LogP contribution in [0.2, 0.25) is 5.02 Å². The molecular formula is C20H19ClF3N3O4. The zero-order valence-corrected chi connectivity index (χ0v) is 16.9. The molecular weight excluding hydrogens is 439 g/mol. The molecule has 1 saturated carbocycles. The van der Waals surface area contributed by atoms with E-state index in [1.807, 2.05) is 18.2 Å². The largest absolute Gasteiger partial charge is 0.476 e. The fraction of sp³-hybridized carbons (Fsp3) is 0.450. The summed E-state index contributed by atoms with van der Waals surface area (Å²) in [6.07, 6.45) is -3.00. The van der Waals surface area contributed by atoms with Crippen molar-refractivity contribution in [1.29, 1.82) is 0 Å². The maximum absolute atomic E-state index is 13.0. The third kappa shape index (κ3) is 4.40. The Balaban J connectivity index is 1.37. The van der Waals surface area contributed by atoms with Gasteiger partial charge in [0, 0.05) is 24.3 Å². The molecule has 4 rings (SSSR count). The number of carboxylic acid groups (broad SMARTS) is 1. The topological polar surface area (TPSA) is 84.7 Å². The molecule has 1 N–H and O–H groups in total. The Bertz CT molecular complexity index is 996. The number of aromatic nitrogens is 2. The summed E-state index contributed by atoms with van der Waals surface area (Å²) in [7, 11) is 0. The van der Waals surface area contributed by atoms with Crippen molar-refractivity contribution in [2.45, 2.75) is 31.7 Å². The summed E-state index contributed by atoms with van der Waals surface area (Å²) < 4.78 is 45.6. The third-order valence-electron chi connectivity index (χ3n) is 5.83. The van der Waals surface area contributed by atoms with Crippen LogP contribution < -0.4 is 0 Å². The first-order valence-corrected chi connectivity index (χ1v) is 10.1. The van der Waals surface area contributed by atoms with Crippen LogP contribution in [0.4, 0.5) is 18.0 Å². The zero-order valence-electron chi connectivity index (χ0n) is 16.2. The van der Waals surface area contributed by atoms with Gasteiger partial charge in [-0.2, -0.15) is 23.0 Å². The van der Waals surface area contributed by atoms with Gasteiger partial charge in [0.25, 0.3) is 0 Å². The van der Waals surface area contributed by atoms with Crippen molar-refractivity contribution in [3.05, 3.63) is 52.3 Å². The normalized spacial score (nSPS) is 23.2. The minimum atomic E-state index is -4.92. The Morgan fingerprint density at radius 2 is 1.84 bits per heavy atom. The van der Waals surface area contributed by atoms with Crippen molar-refractivity contribution in [1.82, 2.24) is 14.7 Å². The van der Waals surface area contributed by atoms with Crippen LogP contribution in [-0.2, 0) is 17.5 Å². The lowest BCUT2D eigenvalue weighted by Crippen LogP contribution is -2.34. The third-order valence-corrected chi connectivity index (χ3v) is 6.20. The number of carbonyl (C=O) groups is 2. The van der Waals surface area contributed by atoms with Gasteiger partial charge in [0.2, 0.25) is 0 Å². The second kappa shape index (κ2) is 8.16. The molecule has 11 heteroatoms. The molecule has 2 aromatic rings. The fourth-order valence-corrected chi connectivity index (χ4v) is 4.53. The number of rotatable bonds is 4. The second-order valence-corrected chi connectivity index (χ2v) is 8.25. The van der Waals surface area contributed by atoms with E-state index in [2.05, 4.69) is 5.10 Å². The molecule has 1 aliphatic carbocycles. The number of hydrogen-bond acceptors (Lipinski definition) is 4. The summed E-state index contributed by atoms with van der Waals surface area (Å²) in [5.41, 5.74) is -1.74. The number of ether oxygens (including phenoxy) is 1. The number of amides is 1. The minimum Gasteiger partial charge on any atom is -0.476 e. The SMILES string of the molecule is O=C(O)c1nn(C(=O)N2CC3CC(OCc4ccccc4Cl)CC3C2)cc1C(F)(F)F. The highest BCUT2D eigenvalue weighted by Crippen LogP contribution is 2.40. The van der Waals surface area contributed by atoms with Crippen molar-refractivity contribution in [2.75, 3.05) is 13.1 Å². The molecule has 1 aromatic heterocycles. The molecule has 2 heterocycles. The van der Waals surface area contributed by atoms with Crippen molar-refractivity contribution < 1.29 is 32.6 Å². The van der Waals surface area contributed by atoms with E-state index in [9.17, 15) is 22.8 Å². The van der Waals surface area contributed by atoms with Gasteiger partial charge in [0.1, 0.15) is 5.56 Å². The molecule has 0 bridgehead atoms. The molecule has 2 unspecified atom stereocenters. The number of aromatic carboxylic acids is 1. The highest BCUT2D eigenvalue weighted by molar-refractivity contribution is 6.31.